The van der Waals surface area contributed by atoms with Crippen molar-refractivity contribution < 1.29 is 13.2 Å². The fraction of sp³-hybridized carbons (Fsp3) is 0.462. The molecule has 110 valence electrons. The molecule has 3 N–H and O–H groups in total. The van der Waals surface area contributed by atoms with Gasteiger partial charge in [-0.3, -0.25) is 4.79 Å². The molecule has 7 heteroatoms. The number of piperidine rings is 1. The molecule has 1 saturated heterocycles. The summed E-state index contributed by atoms with van der Waals surface area (Å²) in [5.41, 5.74) is 6.08. The van der Waals surface area contributed by atoms with E-state index in [1.165, 1.54) is 23.5 Å². The van der Waals surface area contributed by atoms with Crippen LogP contribution in [-0.4, -0.2) is 38.3 Å². The number of anilines is 1. The van der Waals surface area contributed by atoms with Gasteiger partial charge in [-0.2, -0.15) is 4.31 Å². The lowest BCUT2D eigenvalue weighted by atomic mass is 10.0. The molecule has 0 spiro atoms. The summed E-state index contributed by atoms with van der Waals surface area (Å²) in [6.45, 7) is 0.366. The third kappa shape index (κ3) is 2.78. The third-order valence-corrected chi connectivity index (χ3v) is 5.41. The normalized spacial score (nSPS) is 20.6. The van der Waals surface area contributed by atoms with Gasteiger partial charge in [-0.25, -0.2) is 8.42 Å². The second kappa shape index (κ2) is 5.80. The van der Waals surface area contributed by atoms with Crippen molar-refractivity contribution in [3.05, 3.63) is 24.3 Å². The van der Waals surface area contributed by atoms with Crippen LogP contribution < -0.4 is 11.1 Å². The standard InChI is InChI=1S/C13H19N3O3S/c1-15-13(17)12-4-2-3-9-16(12)20(18,19)11-7-5-10(14)6-8-11/h5-8,12H,2-4,9,14H2,1H3,(H,15,17). The highest BCUT2D eigenvalue weighted by Gasteiger charge is 2.37. The van der Waals surface area contributed by atoms with E-state index >= 15 is 0 Å². The third-order valence-electron chi connectivity index (χ3n) is 3.49. The number of amides is 1. The fourth-order valence-electron chi connectivity index (χ4n) is 2.40. The number of nitrogen functional groups attached to an aromatic ring is 1. The van der Waals surface area contributed by atoms with E-state index in [-0.39, 0.29) is 10.8 Å². The number of rotatable bonds is 3. The molecule has 1 atom stereocenters. The summed E-state index contributed by atoms with van der Waals surface area (Å²) in [5.74, 6) is -0.260. The Morgan fingerprint density at radius 3 is 2.55 bits per heavy atom. The van der Waals surface area contributed by atoms with E-state index < -0.39 is 16.1 Å². The predicted octanol–water partition coefficient (Wildman–Crippen LogP) is 0.558. The fourth-order valence-corrected chi connectivity index (χ4v) is 4.05. The van der Waals surface area contributed by atoms with Crippen molar-refractivity contribution in [2.24, 2.45) is 0 Å². The largest absolute Gasteiger partial charge is 0.399 e. The van der Waals surface area contributed by atoms with Crippen LogP contribution in [-0.2, 0) is 14.8 Å². The SMILES string of the molecule is CNC(=O)C1CCCCN1S(=O)(=O)c1ccc(N)cc1. The molecular weight excluding hydrogens is 278 g/mol. The first-order valence-corrected chi connectivity index (χ1v) is 8.00. The van der Waals surface area contributed by atoms with Gasteiger partial charge in [0.25, 0.3) is 0 Å². The summed E-state index contributed by atoms with van der Waals surface area (Å²) in [6, 6.07) is 5.41. The maximum Gasteiger partial charge on any atom is 0.243 e. The number of nitrogens with zero attached hydrogens (tertiary/aromatic N) is 1. The van der Waals surface area contributed by atoms with Gasteiger partial charge >= 0.3 is 0 Å². The van der Waals surface area contributed by atoms with Gasteiger partial charge in [-0.15, -0.1) is 0 Å². The van der Waals surface area contributed by atoms with Crippen molar-refractivity contribution in [3.8, 4) is 0 Å². The Balaban J connectivity index is 2.35. The molecular formula is C13H19N3O3S. The molecule has 1 aliphatic rings. The van der Waals surface area contributed by atoms with Crippen molar-refractivity contribution in [3.63, 3.8) is 0 Å². The Hall–Kier alpha value is -1.60. The molecule has 0 bridgehead atoms. The molecule has 1 unspecified atom stereocenters. The van der Waals surface area contributed by atoms with Gasteiger partial charge in [0.1, 0.15) is 6.04 Å². The quantitative estimate of drug-likeness (QED) is 0.797. The maximum atomic E-state index is 12.6. The van der Waals surface area contributed by atoms with Crippen LogP contribution in [0, 0.1) is 0 Å². The molecule has 0 radical (unpaired) electrons. The molecule has 6 nitrogen and oxygen atoms in total. The number of hydrogen-bond donors (Lipinski definition) is 2. The second-order valence-electron chi connectivity index (χ2n) is 4.81. The number of carbonyl (C=O) groups is 1. The van der Waals surface area contributed by atoms with Crippen LogP contribution in [0.2, 0.25) is 0 Å². The Morgan fingerprint density at radius 2 is 1.95 bits per heavy atom. The summed E-state index contributed by atoms with van der Waals surface area (Å²) in [5, 5.41) is 2.53. The predicted molar refractivity (Wildman–Crippen MR) is 76.5 cm³/mol. The van der Waals surface area contributed by atoms with Gasteiger partial charge in [0.15, 0.2) is 0 Å². The highest BCUT2D eigenvalue weighted by Crippen LogP contribution is 2.25. The van der Waals surface area contributed by atoms with Crippen LogP contribution in [0.5, 0.6) is 0 Å². The van der Waals surface area contributed by atoms with Crippen LogP contribution in [0.3, 0.4) is 0 Å². The molecule has 0 saturated carbocycles. The van der Waals surface area contributed by atoms with Gasteiger partial charge < -0.3 is 11.1 Å². The van der Waals surface area contributed by atoms with E-state index in [4.69, 9.17) is 5.73 Å². The Kier molecular flexibility index (Phi) is 4.29. The van der Waals surface area contributed by atoms with Gasteiger partial charge in [0.05, 0.1) is 4.90 Å². The maximum absolute atomic E-state index is 12.6. The molecule has 0 aliphatic carbocycles. The number of hydrogen-bond acceptors (Lipinski definition) is 4. The van der Waals surface area contributed by atoms with E-state index in [0.717, 1.165) is 12.8 Å². The van der Waals surface area contributed by atoms with Crippen molar-refractivity contribution in [2.45, 2.75) is 30.2 Å². The Morgan fingerprint density at radius 1 is 1.30 bits per heavy atom. The second-order valence-corrected chi connectivity index (χ2v) is 6.70. The van der Waals surface area contributed by atoms with Gasteiger partial charge in [0.2, 0.25) is 15.9 Å². The van der Waals surface area contributed by atoms with E-state index in [1.807, 2.05) is 0 Å². The van der Waals surface area contributed by atoms with Crippen molar-refractivity contribution >= 4 is 21.6 Å². The Labute approximate surface area is 119 Å². The number of nitrogens with one attached hydrogen (secondary N) is 1. The van der Waals surface area contributed by atoms with Crippen LogP contribution in [0.1, 0.15) is 19.3 Å². The van der Waals surface area contributed by atoms with Crippen molar-refractivity contribution in [2.75, 3.05) is 19.3 Å². The van der Waals surface area contributed by atoms with Crippen molar-refractivity contribution in [1.29, 1.82) is 0 Å². The zero-order chi connectivity index (χ0) is 14.8. The van der Waals surface area contributed by atoms with E-state index in [2.05, 4.69) is 5.32 Å². The van der Waals surface area contributed by atoms with Crippen LogP contribution in [0.25, 0.3) is 0 Å². The smallest absolute Gasteiger partial charge is 0.243 e. The lowest BCUT2D eigenvalue weighted by Crippen LogP contribution is -2.51. The Bertz CT molecular complexity index is 583. The molecule has 1 heterocycles. The summed E-state index contributed by atoms with van der Waals surface area (Å²) in [4.78, 5) is 12.0. The van der Waals surface area contributed by atoms with Gasteiger partial charge in [-0.05, 0) is 37.1 Å². The van der Waals surface area contributed by atoms with Crippen LogP contribution in [0.15, 0.2) is 29.2 Å². The zero-order valence-electron chi connectivity index (χ0n) is 11.4. The first-order chi connectivity index (χ1) is 9.46. The highest BCUT2D eigenvalue weighted by atomic mass is 32.2. The lowest BCUT2D eigenvalue weighted by molar-refractivity contribution is -0.125. The van der Waals surface area contributed by atoms with Crippen molar-refractivity contribution in [1.82, 2.24) is 9.62 Å². The summed E-state index contributed by atoms with van der Waals surface area (Å²) in [6.07, 6.45) is 2.17. The number of likely N-dealkylation sites (N-methyl/N-ethyl adjacent to an activating group) is 1. The minimum atomic E-state index is -3.67. The molecule has 1 aromatic carbocycles. The number of carbonyl (C=O) groups excluding carboxylic acids is 1. The van der Waals surface area contributed by atoms with Gasteiger partial charge in [-0.1, -0.05) is 6.42 Å². The molecule has 1 amide bonds. The van der Waals surface area contributed by atoms with E-state index in [9.17, 15) is 13.2 Å². The minimum absolute atomic E-state index is 0.169. The lowest BCUT2D eigenvalue weighted by Gasteiger charge is -2.33. The first kappa shape index (κ1) is 14.8. The summed E-state index contributed by atoms with van der Waals surface area (Å²) >= 11 is 0. The number of sulfonamides is 1. The number of nitrogens with two attached hydrogens (primary N) is 1. The molecule has 1 aromatic rings. The zero-order valence-corrected chi connectivity index (χ0v) is 12.2. The van der Waals surface area contributed by atoms with E-state index in [0.29, 0.717) is 18.7 Å². The average Bonchev–Trinajstić information content (AvgIpc) is 2.47. The van der Waals surface area contributed by atoms with Crippen LogP contribution in [0.4, 0.5) is 5.69 Å². The first-order valence-electron chi connectivity index (χ1n) is 6.56. The summed E-state index contributed by atoms with van der Waals surface area (Å²) < 4.78 is 26.6. The van der Waals surface area contributed by atoms with E-state index in [1.54, 1.807) is 12.1 Å². The molecule has 2 rings (SSSR count). The summed E-state index contributed by atoms with van der Waals surface area (Å²) in [7, 11) is -2.15. The molecule has 20 heavy (non-hydrogen) atoms. The molecule has 1 fully saturated rings. The topological polar surface area (TPSA) is 92.5 Å². The van der Waals surface area contributed by atoms with Gasteiger partial charge in [0, 0.05) is 19.3 Å². The average molecular weight is 297 g/mol. The van der Waals surface area contributed by atoms with Crippen LogP contribution >= 0.6 is 0 Å². The monoisotopic (exact) mass is 297 g/mol. The highest BCUT2D eigenvalue weighted by molar-refractivity contribution is 7.89. The minimum Gasteiger partial charge on any atom is -0.399 e. The number of benzene rings is 1. The molecule has 0 aromatic heterocycles. The molecule has 1 aliphatic heterocycles.